The van der Waals surface area contributed by atoms with Crippen molar-refractivity contribution in [1.29, 1.82) is 0 Å². The summed E-state index contributed by atoms with van der Waals surface area (Å²) in [7, 11) is 1.94. The Morgan fingerprint density at radius 3 is 2.83 bits per heavy atom. The summed E-state index contributed by atoms with van der Waals surface area (Å²) in [5.74, 6) is 1.46. The molecule has 5 nitrogen and oxygen atoms in total. The van der Waals surface area contributed by atoms with E-state index in [9.17, 15) is 0 Å². The highest BCUT2D eigenvalue weighted by molar-refractivity contribution is 14.0. The van der Waals surface area contributed by atoms with E-state index in [4.69, 9.17) is 0 Å². The van der Waals surface area contributed by atoms with Crippen LogP contribution in [0.5, 0.6) is 0 Å². The molecule has 6 heteroatoms. The van der Waals surface area contributed by atoms with Gasteiger partial charge in [-0.2, -0.15) is 5.10 Å². The molecule has 0 saturated heterocycles. The van der Waals surface area contributed by atoms with Crippen molar-refractivity contribution in [1.82, 2.24) is 20.4 Å². The molecule has 3 rings (SSSR count). The van der Waals surface area contributed by atoms with Crippen molar-refractivity contribution in [2.24, 2.45) is 12.0 Å². The van der Waals surface area contributed by atoms with Gasteiger partial charge in [-0.1, -0.05) is 24.3 Å². The SMILES string of the molecule is CCNC(=NCc1ccnn1C)NCC1Cc2ccccc21.I. The summed E-state index contributed by atoms with van der Waals surface area (Å²) < 4.78 is 1.86. The Hall–Kier alpha value is -1.57. The third-order valence-electron chi connectivity index (χ3n) is 4.14. The molecule has 2 N–H and O–H groups in total. The lowest BCUT2D eigenvalue weighted by Crippen LogP contribution is -2.41. The molecule has 1 aromatic heterocycles. The fourth-order valence-corrected chi connectivity index (χ4v) is 2.82. The largest absolute Gasteiger partial charge is 0.357 e. The zero-order valence-electron chi connectivity index (χ0n) is 13.6. The fraction of sp³-hybridized carbons (Fsp3) is 0.412. The molecule has 0 fully saturated rings. The summed E-state index contributed by atoms with van der Waals surface area (Å²) in [5, 5.41) is 10.9. The van der Waals surface area contributed by atoms with Gasteiger partial charge in [-0.05, 0) is 30.5 Å². The molecule has 23 heavy (non-hydrogen) atoms. The normalized spacial score (nSPS) is 16.1. The van der Waals surface area contributed by atoms with Crippen molar-refractivity contribution in [2.75, 3.05) is 13.1 Å². The highest BCUT2D eigenvalue weighted by Crippen LogP contribution is 2.33. The Morgan fingerprint density at radius 1 is 1.30 bits per heavy atom. The first-order valence-corrected chi connectivity index (χ1v) is 7.84. The Labute approximate surface area is 154 Å². The Morgan fingerprint density at radius 2 is 2.13 bits per heavy atom. The number of benzene rings is 1. The minimum absolute atomic E-state index is 0. The third-order valence-corrected chi connectivity index (χ3v) is 4.14. The number of hydrogen-bond acceptors (Lipinski definition) is 2. The van der Waals surface area contributed by atoms with Gasteiger partial charge in [0.2, 0.25) is 0 Å². The Kier molecular flexibility index (Phi) is 6.44. The molecule has 1 atom stereocenters. The zero-order chi connectivity index (χ0) is 15.4. The summed E-state index contributed by atoms with van der Waals surface area (Å²) in [6.45, 7) is 4.50. The van der Waals surface area contributed by atoms with E-state index in [0.717, 1.165) is 31.2 Å². The molecule has 124 valence electrons. The van der Waals surface area contributed by atoms with Crippen molar-refractivity contribution in [3.05, 3.63) is 53.3 Å². The summed E-state index contributed by atoms with van der Waals surface area (Å²) >= 11 is 0. The van der Waals surface area contributed by atoms with Crippen molar-refractivity contribution in [3.63, 3.8) is 0 Å². The van der Waals surface area contributed by atoms with Gasteiger partial charge in [0.25, 0.3) is 0 Å². The summed E-state index contributed by atoms with van der Waals surface area (Å²) in [6, 6.07) is 10.7. The van der Waals surface area contributed by atoms with Gasteiger partial charge in [0.15, 0.2) is 5.96 Å². The van der Waals surface area contributed by atoms with Crippen LogP contribution in [0, 0.1) is 0 Å². The van der Waals surface area contributed by atoms with Crippen LogP contribution in [0.2, 0.25) is 0 Å². The molecular weight excluding hydrogens is 401 g/mol. The van der Waals surface area contributed by atoms with Crippen molar-refractivity contribution in [2.45, 2.75) is 25.8 Å². The predicted octanol–water partition coefficient (Wildman–Crippen LogP) is 2.43. The molecule has 1 aliphatic carbocycles. The van der Waals surface area contributed by atoms with E-state index in [-0.39, 0.29) is 24.0 Å². The number of aryl methyl sites for hydroxylation is 1. The quantitative estimate of drug-likeness (QED) is 0.440. The Balaban J connectivity index is 0.00000192. The molecule has 0 spiro atoms. The summed E-state index contributed by atoms with van der Waals surface area (Å²) in [6.07, 6.45) is 2.96. The van der Waals surface area contributed by atoms with Gasteiger partial charge in [-0.25, -0.2) is 4.99 Å². The maximum absolute atomic E-state index is 4.64. The summed E-state index contributed by atoms with van der Waals surface area (Å²) in [4.78, 5) is 4.64. The smallest absolute Gasteiger partial charge is 0.191 e. The van der Waals surface area contributed by atoms with Gasteiger partial charge in [0.05, 0.1) is 12.2 Å². The molecule has 0 bridgehead atoms. The number of fused-ring (bicyclic) bond motifs is 1. The van der Waals surface area contributed by atoms with Crippen LogP contribution in [-0.2, 0) is 20.0 Å². The fourth-order valence-electron chi connectivity index (χ4n) is 2.82. The van der Waals surface area contributed by atoms with Crippen LogP contribution < -0.4 is 10.6 Å². The molecule has 0 aliphatic heterocycles. The first kappa shape index (κ1) is 17.8. The second-order valence-electron chi connectivity index (χ2n) is 5.62. The molecule has 2 aromatic rings. The van der Waals surface area contributed by atoms with Gasteiger partial charge in [-0.15, -0.1) is 24.0 Å². The monoisotopic (exact) mass is 425 g/mol. The van der Waals surface area contributed by atoms with Crippen molar-refractivity contribution >= 4 is 29.9 Å². The minimum Gasteiger partial charge on any atom is -0.357 e. The van der Waals surface area contributed by atoms with Crippen molar-refractivity contribution in [3.8, 4) is 0 Å². The van der Waals surface area contributed by atoms with Gasteiger partial charge in [0.1, 0.15) is 0 Å². The molecular formula is C17H24IN5. The van der Waals surface area contributed by atoms with E-state index in [1.54, 1.807) is 6.20 Å². The maximum atomic E-state index is 4.64. The van der Waals surface area contributed by atoms with E-state index < -0.39 is 0 Å². The number of nitrogens with zero attached hydrogens (tertiary/aromatic N) is 3. The topological polar surface area (TPSA) is 54.2 Å². The minimum atomic E-state index is 0. The number of aliphatic imine (C=N–C) groups is 1. The number of rotatable bonds is 5. The number of guanidine groups is 1. The van der Waals surface area contributed by atoms with E-state index in [1.807, 2.05) is 17.8 Å². The van der Waals surface area contributed by atoms with E-state index in [2.05, 4.69) is 51.9 Å². The molecule has 1 aromatic carbocycles. The second-order valence-corrected chi connectivity index (χ2v) is 5.62. The average molecular weight is 425 g/mol. The molecule has 1 aliphatic rings. The molecule has 0 radical (unpaired) electrons. The third kappa shape index (κ3) is 4.25. The highest BCUT2D eigenvalue weighted by Gasteiger charge is 2.25. The first-order valence-electron chi connectivity index (χ1n) is 7.84. The average Bonchev–Trinajstić information content (AvgIpc) is 2.91. The van der Waals surface area contributed by atoms with Crippen LogP contribution >= 0.6 is 24.0 Å². The number of halogens is 1. The molecule has 0 amide bonds. The van der Waals surface area contributed by atoms with Gasteiger partial charge >= 0.3 is 0 Å². The van der Waals surface area contributed by atoms with Crippen LogP contribution in [0.1, 0.15) is 29.7 Å². The van der Waals surface area contributed by atoms with Gasteiger partial charge in [-0.3, -0.25) is 4.68 Å². The van der Waals surface area contributed by atoms with Crippen LogP contribution in [0.4, 0.5) is 0 Å². The highest BCUT2D eigenvalue weighted by atomic mass is 127. The lowest BCUT2D eigenvalue weighted by molar-refractivity contribution is 0.583. The lowest BCUT2D eigenvalue weighted by atomic mass is 9.78. The van der Waals surface area contributed by atoms with Crippen LogP contribution in [-0.4, -0.2) is 28.8 Å². The summed E-state index contributed by atoms with van der Waals surface area (Å²) in [5.41, 5.74) is 4.05. The van der Waals surface area contributed by atoms with Crippen LogP contribution in [0.25, 0.3) is 0 Å². The Bertz CT molecular complexity index is 665. The van der Waals surface area contributed by atoms with E-state index in [1.165, 1.54) is 11.1 Å². The van der Waals surface area contributed by atoms with Crippen LogP contribution in [0.3, 0.4) is 0 Å². The molecule has 1 heterocycles. The number of hydrogen-bond donors (Lipinski definition) is 2. The standard InChI is InChI=1S/C17H23N5.HI/c1-3-18-17(20-12-15-8-9-21-22(15)2)19-11-14-10-13-6-4-5-7-16(13)14;/h4-9,14H,3,10-12H2,1-2H3,(H2,18,19,20);1H. The van der Waals surface area contributed by atoms with Gasteiger partial charge < -0.3 is 10.6 Å². The maximum Gasteiger partial charge on any atom is 0.191 e. The van der Waals surface area contributed by atoms with Crippen LogP contribution in [0.15, 0.2) is 41.5 Å². The zero-order valence-corrected chi connectivity index (χ0v) is 16.0. The second kappa shape index (κ2) is 8.33. The van der Waals surface area contributed by atoms with E-state index >= 15 is 0 Å². The number of nitrogens with one attached hydrogen (secondary N) is 2. The number of aromatic nitrogens is 2. The van der Waals surface area contributed by atoms with Crippen molar-refractivity contribution < 1.29 is 0 Å². The van der Waals surface area contributed by atoms with E-state index in [0.29, 0.717) is 12.5 Å². The lowest BCUT2D eigenvalue weighted by Gasteiger charge is -2.30. The molecule has 0 saturated carbocycles. The molecule has 1 unspecified atom stereocenters. The first-order chi connectivity index (χ1) is 10.8. The van der Waals surface area contributed by atoms with Gasteiger partial charge in [0, 0.05) is 32.3 Å². The predicted molar refractivity (Wildman–Crippen MR) is 104 cm³/mol.